The van der Waals surface area contributed by atoms with Gasteiger partial charge < -0.3 is 24.4 Å². The number of unbranched alkanes of at least 4 members (excludes halogenated alkanes) is 1. The lowest BCUT2D eigenvalue weighted by atomic mass is 10.3. The second-order valence-corrected chi connectivity index (χ2v) is 5.87. The highest BCUT2D eigenvalue weighted by molar-refractivity contribution is 7.15. The van der Waals surface area contributed by atoms with Crippen LogP contribution in [0.15, 0.2) is 0 Å². The Hall–Kier alpha value is -0.890. The number of methoxy groups -OCH3 is 2. The molecule has 1 N–H and O–H groups in total. The van der Waals surface area contributed by atoms with E-state index in [1.54, 1.807) is 25.6 Å². The fourth-order valence-electron chi connectivity index (χ4n) is 1.69. The summed E-state index contributed by atoms with van der Waals surface area (Å²) in [5.41, 5.74) is 0. The Morgan fingerprint density at radius 2 is 1.95 bits per heavy atom. The zero-order valence-electron chi connectivity index (χ0n) is 13.5. The highest BCUT2D eigenvalue weighted by atomic mass is 32.1. The van der Waals surface area contributed by atoms with Gasteiger partial charge in [-0.25, -0.2) is 0 Å². The minimum Gasteiger partial charge on any atom is -0.480 e. The summed E-state index contributed by atoms with van der Waals surface area (Å²) in [6.45, 7) is 3.89. The van der Waals surface area contributed by atoms with Crippen LogP contribution in [0.5, 0.6) is 5.88 Å². The van der Waals surface area contributed by atoms with Crippen LogP contribution >= 0.6 is 11.3 Å². The first-order valence-electron chi connectivity index (χ1n) is 7.17. The monoisotopic (exact) mass is 317 g/mol. The van der Waals surface area contributed by atoms with Gasteiger partial charge in [-0.2, -0.15) is 4.98 Å². The van der Waals surface area contributed by atoms with Gasteiger partial charge in [-0.1, -0.05) is 11.3 Å². The SMILES string of the molecule is COCCOCCCCNCc1sc(N(C)C)nc1OC. The van der Waals surface area contributed by atoms with E-state index >= 15 is 0 Å². The molecule has 0 bridgehead atoms. The van der Waals surface area contributed by atoms with Crippen molar-refractivity contribution in [3.63, 3.8) is 0 Å². The lowest BCUT2D eigenvalue weighted by Gasteiger charge is -2.05. The fourth-order valence-corrected chi connectivity index (χ4v) is 2.61. The summed E-state index contributed by atoms with van der Waals surface area (Å²) in [4.78, 5) is 7.57. The quantitative estimate of drug-likeness (QED) is 0.593. The fraction of sp³-hybridized carbons (Fsp3) is 0.786. The minimum absolute atomic E-state index is 0.664. The zero-order valence-corrected chi connectivity index (χ0v) is 14.3. The van der Waals surface area contributed by atoms with Gasteiger partial charge >= 0.3 is 0 Å². The summed E-state index contributed by atoms with van der Waals surface area (Å²) in [6.07, 6.45) is 2.15. The topological polar surface area (TPSA) is 55.9 Å². The molecule has 0 fully saturated rings. The molecule has 0 aliphatic heterocycles. The number of anilines is 1. The molecule has 1 rings (SSSR count). The summed E-state index contributed by atoms with van der Waals surface area (Å²) >= 11 is 1.66. The molecule has 7 heteroatoms. The van der Waals surface area contributed by atoms with Crippen molar-refractivity contribution in [3.05, 3.63) is 4.88 Å². The van der Waals surface area contributed by atoms with E-state index in [4.69, 9.17) is 14.2 Å². The Kier molecular flexibility index (Phi) is 9.32. The largest absolute Gasteiger partial charge is 0.480 e. The molecule has 0 unspecified atom stereocenters. The average Bonchev–Trinajstić information content (AvgIpc) is 2.89. The van der Waals surface area contributed by atoms with Gasteiger partial charge in [0, 0.05) is 34.4 Å². The van der Waals surface area contributed by atoms with E-state index in [1.165, 1.54) is 0 Å². The predicted molar refractivity (Wildman–Crippen MR) is 86.6 cm³/mol. The molecule has 1 heterocycles. The van der Waals surface area contributed by atoms with Crippen LogP contribution in [0.2, 0.25) is 0 Å². The Bertz CT molecular complexity index is 386. The van der Waals surface area contributed by atoms with Gasteiger partial charge in [-0.15, -0.1) is 0 Å². The second-order valence-electron chi connectivity index (χ2n) is 4.81. The van der Waals surface area contributed by atoms with Crippen molar-refractivity contribution in [2.45, 2.75) is 19.4 Å². The van der Waals surface area contributed by atoms with Crippen LogP contribution in [0.4, 0.5) is 5.13 Å². The van der Waals surface area contributed by atoms with Crippen molar-refractivity contribution < 1.29 is 14.2 Å². The first-order valence-corrected chi connectivity index (χ1v) is 7.99. The first kappa shape index (κ1) is 18.2. The Labute approximate surface area is 131 Å². The van der Waals surface area contributed by atoms with Crippen LogP contribution in [0.1, 0.15) is 17.7 Å². The maximum Gasteiger partial charge on any atom is 0.230 e. The van der Waals surface area contributed by atoms with E-state index < -0.39 is 0 Å². The number of nitrogens with zero attached hydrogens (tertiary/aromatic N) is 2. The van der Waals surface area contributed by atoms with Crippen LogP contribution in [-0.4, -0.2) is 59.7 Å². The molecule has 1 aromatic rings. The summed E-state index contributed by atoms with van der Waals surface area (Å²) < 4.78 is 15.6. The van der Waals surface area contributed by atoms with Crippen molar-refractivity contribution in [3.8, 4) is 5.88 Å². The van der Waals surface area contributed by atoms with E-state index in [0.29, 0.717) is 13.2 Å². The highest BCUT2D eigenvalue weighted by Crippen LogP contribution is 2.30. The van der Waals surface area contributed by atoms with E-state index in [0.717, 1.165) is 48.4 Å². The van der Waals surface area contributed by atoms with Gasteiger partial charge in [0.2, 0.25) is 5.88 Å². The molecule has 0 aromatic carbocycles. The van der Waals surface area contributed by atoms with Gasteiger partial charge in [0.15, 0.2) is 5.13 Å². The van der Waals surface area contributed by atoms with Gasteiger partial charge in [0.25, 0.3) is 0 Å². The van der Waals surface area contributed by atoms with E-state index in [-0.39, 0.29) is 0 Å². The molecule has 0 amide bonds. The molecule has 0 saturated carbocycles. The third-order valence-corrected chi connectivity index (χ3v) is 4.04. The highest BCUT2D eigenvalue weighted by Gasteiger charge is 2.12. The first-order chi connectivity index (χ1) is 10.2. The number of aromatic nitrogens is 1. The summed E-state index contributed by atoms with van der Waals surface area (Å²) in [6, 6.07) is 0. The summed E-state index contributed by atoms with van der Waals surface area (Å²) in [5, 5.41) is 4.39. The van der Waals surface area contributed by atoms with Crippen molar-refractivity contribution >= 4 is 16.5 Å². The molecule has 21 heavy (non-hydrogen) atoms. The molecule has 0 spiro atoms. The number of thiazole rings is 1. The molecule has 0 aliphatic carbocycles. The second kappa shape index (κ2) is 10.8. The van der Waals surface area contributed by atoms with Crippen LogP contribution in [0, 0.1) is 0 Å². The molecule has 122 valence electrons. The molecule has 6 nitrogen and oxygen atoms in total. The maximum atomic E-state index is 5.42. The van der Waals surface area contributed by atoms with Gasteiger partial charge in [0.05, 0.1) is 25.2 Å². The molecular formula is C14H27N3O3S. The molecule has 0 atom stereocenters. The predicted octanol–water partition coefficient (Wildman–Crippen LogP) is 1.75. The van der Waals surface area contributed by atoms with Crippen LogP contribution < -0.4 is 15.0 Å². The number of nitrogens with one attached hydrogen (secondary N) is 1. The zero-order chi connectivity index (χ0) is 15.5. The van der Waals surface area contributed by atoms with E-state index in [9.17, 15) is 0 Å². The van der Waals surface area contributed by atoms with Crippen molar-refractivity contribution in [1.29, 1.82) is 0 Å². The number of ether oxygens (including phenoxy) is 3. The van der Waals surface area contributed by atoms with Crippen LogP contribution in [0.3, 0.4) is 0 Å². The van der Waals surface area contributed by atoms with Crippen molar-refractivity contribution in [2.24, 2.45) is 0 Å². The lowest BCUT2D eigenvalue weighted by molar-refractivity contribution is 0.0688. The molecule has 0 radical (unpaired) electrons. The Morgan fingerprint density at radius 3 is 2.62 bits per heavy atom. The molecule has 1 aromatic heterocycles. The Morgan fingerprint density at radius 1 is 1.14 bits per heavy atom. The Balaban J connectivity index is 2.15. The van der Waals surface area contributed by atoms with E-state index in [1.807, 2.05) is 19.0 Å². The van der Waals surface area contributed by atoms with Crippen molar-refractivity contribution in [1.82, 2.24) is 10.3 Å². The van der Waals surface area contributed by atoms with Crippen molar-refractivity contribution in [2.75, 3.05) is 59.6 Å². The molecule has 0 saturated heterocycles. The smallest absolute Gasteiger partial charge is 0.230 e. The summed E-state index contributed by atoms with van der Waals surface area (Å²) in [5.74, 6) is 0.721. The number of rotatable bonds is 12. The number of hydrogen-bond acceptors (Lipinski definition) is 7. The maximum absolute atomic E-state index is 5.42. The average molecular weight is 317 g/mol. The number of hydrogen-bond donors (Lipinski definition) is 1. The van der Waals surface area contributed by atoms with E-state index in [2.05, 4.69) is 10.3 Å². The standard InChI is InChI=1S/C14H27N3O3S/c1-17(2)14-16-13(19-4)12(21-14)11-15-7-5-6-8-20-10-9-18-3/h15H,5-11H2,1-4H3. The molecular weight excluding hydrogens is 290 g/mol. The lowest BCUT2D eigenvalue weighted by Crippen LogP contribution is -2.15. The minimum atomic E-state index is 0.664. The van der Waals surface area contributed by atoms with Crippen LogP contribution in [0.25, 0.3) is 0 Å². The third-order valence-electron chi connectivity index (χ3n) is 2.84. The molecule has 0 aliphatic rings. The van der Waals surface area contributed by atoms with Gasteiger partial charge in [-0.3, -0.25) is 0 Å². The third kappa shape index (κ3) is 7.08. The van der Waals surface area contributed by atoms with Crippen LogP contribution in [-0.2, 0) is 16.0 Å². The normalized spacial score (nSPS) is 10.9. The van der Waals surface area contributed by atoms with Gasteiger partial charge in [0.1, 0.15) is 0 Å². The summed E-state index contributed by atoms with van der Waals surface area (Å²) in [7, 11) is 7.32. The van der Waals surface area contributed by atoms with Gasteiger partial charge in [-0.05, 0) is 19.4 Å².